The van der Waals surface area contributed by atoms with E-state index in [2.05, 4.69) is 61.5 Å². The second-order valence-corrected chi connectivity index (χ2v) is 15.1. The van der Waals surface area contributed by atoms with E-state index in [0.29, 0.717) is 32.5 Å². The van der Waals surface area contributed by atoms with Gasteiger partial charge in [-0.3, -0.25) is 0 Å². The van der Waals surface area contributed by atoms with Gasteiger partial charge in [-0.25, -0.2) is 0 Å². The highest BCUT2D eigenvalue weighted by molar-refractivity contribution is 5.31. The third-order valence-electron chi connectivity index (χ3n) is 12.7. The largest absolute Gasteiger partial charge is 0.0788 e. The molecule has 0 amide bonds. The highest BCUT2D eigenvalue weighted by atomic mass is 14.7. The van der Waals surface area contributed by atoms with E-state index in [1.165, 1.54) is 70.6 Å². The molecule has 0 nitrogen and oxygen atoms in total. The van der Waals surface area contributed by atoms with E-state index in [1.807, 2.05) is 5.57 Å². The number of rotatable bonds is 0. The minimum Gasteiger partial charge on any atom is -0.0788 e. The molecule has 0 saturated heterocycles. The topological polar surface area (TPSA) is 0 Å². The number of hydrogen-bond donors (Lipinski definition) is 0. The van der Waals surface area contributed by atoms with E-state index in [0.717, 1.165) is 17.8 Å². The lowest BCUT2D eigenvalue weighted by molar-refractivity contribution is -0.212. The third-order valence-corrected chi connectivity index (χ3v) is 12.7. The zero-order valence-electron chi connectivity index (χ0n) is 21.6. The first kappa shape index (κ1) is 21.6. The molecule has 0 aromatic rings. The van der Waals surface area contributed by atoms with Gasteiger partial charge in [0.15, 0.2) is 0 Å². The Labute approximate surface area is 188 Å². The average molecular weight is 411 g/mol. The van der Waals surface area contributed by atoms with Crippen molar-refractivity contribution in [3.8, 4) is 0 Å². The van der Waals surface area contributed by atoms with Gasteiger partial charge in [-0.1, -0.05) is 73.5 Å². The summed E-state index contributed by atoms with van der Waals surface area (Å²) in [6, 6.07) is 0. The van der Waals surface area contributed by atoms with Crippen LogP contribution in [0, 0.1) is 50.2 Å². The van der Waals surface area contributed by atoms with Crippen molar-refractivity contribution in [3.05, 3.63) is 11.6 Å². The molecule has 30 heavy (non-hydrogen) atoms. The fourth-order valence-electron chi connectivity index (χ4n) is 10.7. The fourth-order valence-corrected chi connectivity index (χ4v) is 10.7. The average Bonchev–Trinajstić information content (AvgIpc) is 2.63. The molecular formula is C30H50. The quantitative estimate of drug-likeness (QED) is 0.349. The Bertz CT molecular complexity index is 754. The van der Waals surface area contributed by atoms with Crippen LogP contribution < -0.4 is 0 Å². The molecule has 0 bridgehead atoms. The van der Waals surface area contributed by atoms with E-state index in [9.17, 15) is 0 Å². The Morgan fingerprint density at radius 2 is 1.33 bits per heavy atom. The summed E-state index contributed by atoms with van der Waals surface area (Å²) in [5.41, 5.74) is 4.96. The van der Waals surface area contributed by atoms with Crippen LogP contribution in [-0.4, -0.2) is 0 Å². The minimum absolute atomic E-state index is 0.405. The summed E-state index contributed by atoms with van der Waals surface area (Å²) in [6.45, 7) is 21.1. The molecule has 170 valence electrons. The van der Waals surface area contributed by atoms with Crippen LogP contribution >= 0.6 is 0 Å². The van der Waals surface area contributed by atoms with Crippen molar-refractivity contribution in [1.82, 2.24) is 0 Å². The van der Waals surface area contributed by atoms with Crippen LogP contribution in [0.5, 0.6) is 0 Å². The molecule has 0 heterocycles. The Balaban J connectivity index is 1.57. The van der Waals surface area contributed by atoms with Gasteiger partial charge in [0.2, 0.25) is 0 Å². The van der Waals surface area contributed by atoms with Crippen molar-refractivity contribution in [3.63, 3.8) is 0 Å². The lowest BCUT2D eigenvalue weighted by atomic mass is 9.33. The first-order chi connectivity index (χ1) is 13.8. The molecule has 4 saturated carbocycles. The van der Waals surface area contributed by atoms with Crippen molar-refractivity contribution in [2.75, 3.05) is 0 Å². The van der Waals surface area contributed by atoms with Gasteiger partial charge in [0.1, 0.15) is 0 Å². The van der Waals surface area contributed by atoms with Crippen LogP contribution in [0.15, 0.2) is 11.6 Å². The van der Waals surface area contributed by atoms with Crippen molar-refractivity contribution >= 4 is 0 Å². The molecule has 5 aliphatic rings. The SMILES string of the molecule is CC1(C)C=C2[C@H]3CC[C@@H]4[C@@]5(C)CCCC(C)(C)[C@H]5CC[C@@]4(C)[C@]3(C)CC[C@@]2(C)CC1. The normalized spacial score (nSPS) is 54.1. The Morgan fingerprint density at radius 3 is 2.07 bits per heavy atom. The maximum Gasteiger partial charge on any atom is -0.0113 e. The molecule has 0 spiro atoms. The zero-order chi connectivity index (χ0) is 21.8. The molecule has 0 unspecified atom stereocenters. The smallest absolute Gasteiger partial charge is 0.0113 e. The maximum atomic E-state index is 2.79. The molecular weight excluding hydrogens is 360 g/mol. The van der Waals surface area contributed by atoms with Crippen LogP contribution in [-0.2, 0) is 0 Å². The van der Waals surface area contributed by atoms with Crippen molar-refractivity contribution in [2.24, 2.45) is 50.2 Å². The van der Waals surface area contributed by atoms with Gasteiger partial charge in [0, 0.05) is 0 Å². The van der Waals surface area contributed by atoms with E-state index in [-0.39, 0.29) is 0 Å². The summed E-state index contributed by atoms with van der Waals surface area (Å²) < 4.78 is 0. The Morgan fingerprint density at radius 1 is 0.633 bits per heavy atom. The molecule has 5 rings (SSSR count). The van der Waals surface area contributed by atoms with E-state index in [4.69, 9.17) is 0 Å². The van der Waals surface area contributed by atoms with Gasteiger partial charge >= 0.3 is 0 Å². The van der Waals surface area contributed by atoms with Crippen LogP contribution in [0.2, 0.25) is 0 Å². The molecule has 7 atom stereocenters. The van der Waals surface area contributed by atoms with Crippen LogP contribution in [0.4, 0.5) is 0 Å². The molecule has 0 radical (unpaired) electrons. The highest BCUT2D eigenvalue weighted by Gasteiger charge is 2.67. The van der Waals surface area contributed by atoms with E-state index >= 15 is 0 Å². The maximum absolute atomic E-state index is 2.79. The first-order valence-electron chi connectivity index (χ1n) is 13.5. The molecule has 0 N–H and O–H groups in total. The molecule has 0 aromatic heterocycles. The predicted molar refractivity (Wildman–Crippen MR) is 129 cm³/mol. The summed E-state index contributed by atoms with van der Waals surface area (Å²) in [5, 5.41) is 0. The van der Waals surface area contributed by atoms with Crippen molar-refractivity contribution < 1.29 is 0 Å². The molecule has 4 fully saturated rings. The number of allylic oxidation sites excluding steroid dienone is 2. The van der Waals surface area contributed by atoms with Gasteiger partial charge in [-0.2, -0.15) is 0 Å². The summed E-state index contributed by atoms with van der Waals surface area (Å²) in [6.07, 6.45) is 18.9. The van der Waals surface area contributed by atoms with Crippen molar-refractivity contribution in [2.45, 2.75) is 126 Å². The number of hydrogen-bond acceptors (Lipinski definition) is 0. The second-order valence-electron chi connectivity index (χ2n) is 15.1. The van der Waals surface area contributed by atoms with Crippen LogP contribution in [0.25, 0.3) is 0 Å². The van der Waals surface area contributed by atoms with Gasteiger partial charge in [-0.05, 0) is 114 Å². The second kappa shape index (κ2) is 6.20. The third kappa shape index (κ3) is 2.64. The summed E-state index contributed by atoms with van der Waals surface area (Å²) in [7, 11) is 0. The lowest BCUT2D eigenvalue weighted by Gasteiger charge is -2.72. The van der Waals surface area contributed by atoms with E-state index < -0.39 is 0 Å². The zero-order valence-corrected chi connectivity index (χ0v) is 21.6. The van der Waals surface area contributed by atoms with Crippen molar-refractivity contribution in [1.29, 1.82) is 0 Å². The van der Waals surface area contributed by atoms with Gasteiger partial charge < -0.3 is 0 Å². The van der Waals surface area contributed by atoms with Crippen LogP contribution in [0.1, 0.15) is 126 Å². The minimum atomic E-state index is 0.405. The molecule has 0 aromatic carbocycles. The Kier molecular flexibility index (Phi) is 4.46. The summed E-state index contributed by atoms with van der Waals surface area (Å²) in [5.74, 6) is 2.72. The Hall–Kier alpha value is -0.260. The molecule has 0 heteroatoms. The first-order valence-corrected chi connectivity index (χ1v) is 13.5. The molecule has 0 aliphatic heterocycles. The standard InChI is InChI=1S/C30H50/c1-25(2)16-17-27(5)18-19-29(7)21(22(27)20-25)10-11-24-28(6)14-9-13-26(3,4)23(28)12-15-30(24,29)8/h20-21,23-24H,9-19H2,1-8H3/t21-,23-,24-,27-,28+,29-,30-/m1/s1. The monoisotopic (exact) mass is 410 g/mol. The summed E-state index contributed by atoms with van der Waals surface area (Å²) in [4.78, 5) is 0. The van der Waals surface area contributed by atoms with E-state index in [1.54, 1.807) is 0 Å². The molecule has 5 aliphatic carbocycles. The fraction of sp³-hybridized carbons (Fsp3) is 0.933. The summed E-state index contributed by atoms with van der Waals surface area (Å²) >= 11 is 0. The predicted octanol–water partition coefficient (Wildman–Crippen LogP) is 9.20. The van der Waals surface area contributed by atoms with Crippen LogP contribution in [0.3, 0.4) is 0 Å². The van der Waals surface area contributed by atoms with Gasteiger partial charge in [-0.15, -0.1) is 0 Å². The van der Waals surface area contributed by atoms with Gasteiger partial charge in [0.25, 0.3) is 0 Å². The highest BCUT2D eigenvalue weighted by Crippen LogP contribution is 2.76. The number of fused-ring (bicyclic) bond motifs is 7. The lowest BCUT2D eigenvalue weighted by Crippen LogP contribution is -2.64. The van der Waals surface area contributed by atoms with Gasteiger partial charge in [0.05, 0.1) is 0 Å².